The number of carbonyl (C=O) groups is 2. The van der Waals surface area contributed by atoms with E-state index in [9.17, 15) is 9.59 Å². The lowest BCUT2D eigenvalue weighted by Crippen LogP contribution is -2.51. The molecule has 0 atom stereocenters. The van der Waals surface area contributed by atoms with Gasteiger partial charge in [0.25, 0.3) is 0 Å². The van der Waals surface area contributed by atoms with Gasteiger partial charge in [-0.25, -0.2) is 0 Å². The number of rotatable bonds is 7. The lowest BCUT2D eigenvalue weighted by molar-refractivity contribution is -0.139. The van der Waals surface area contributed by atoms with Crippen molar-refractivity contribution in [1.82, 2.24) is 9.80 Å². The van der Waals surface area contributed by atoms with Crippen LogP contribution in [0, 0.1) is 6.92 Å². The number of hydrogen-bond acceptors (Lipinski definition) is 3. The normalized spacial score (nSPS) is 14.0. The Labute approximate surface area is 177 Å². The van der Waals surface area contributed by atoms with Crippen molar-refractivity contribution in [3.8, 4) is 5.75 Å². The van der Waals surface area contributed by atoms with E-state index in [1.54, 1.807) is 12.1 Å². The number of piperazine rings is 1. The lowest BCUT2D eigenvalue weighted by atomic mass is 10.1. The first kappa shape index (κ1) is 21.2. The molecule has 1 aliphatic heterocycles. The van der Waals surface area contributed by atoms with Gasteiger partial charge in [0, 0.05) is 37.6 Å². The maximum atomic E-state index is 12.5. The zero-order chi connectivity index (χ0) is 20.6. The fourth-order valence-corrected chi connectivity index (χ4v) is 3.43. The summed E-state index contributed by atoms with van der Waals surface area (Å²) in [6.45, 7) is 4.89. The summed E-state index contributed by atoms with van der Waals surface area (Å²) >= 11 is 5.88. The number of halogens is 1. The molecule has 0 N–H and O–H groups in total. The van der Waals surface area contributed by atoms with Gasteiger partial charge in [-0.2, -0.15) is 0 Å². The molecule has 1 saturated heterocycles. The summed E-state index contributed by atoms with van der Waals surface area (Å²) in [7, 11) is 0. The standard InChI is InChI=1S/C23H27ClN2O3/c1-18-4-10-21(11-5-18)29-16-2-3-22(27)25-12-14-26(15-13-25)23(28)17-19-6-8-20(24)9-7-19/h4-11H,2-3,12-17H2,1H3. The minimum atomic E-state index is 0.0888. The zero-order valence-electron chi connectivity index (χ0n) is 16.8. The highest BCUT2D eigenvalue weighted by Gasteiger charge is 2.23. The highest BCUT2D eigenvalue weighted by molar-refractivity contribution is 6.30. The summed E-state index contributed by atoms with van der Waals surface area (Å²) in [5.74, 6) is 1.05. The summed E-state index contributed by atoms with van der Waals surface area (Å²) in [5, 5.41) is 0.664. The van der Waals surface area contributed by atoms with Gasteiger partial charge >= 0.3 is 0 Å². The number of aryl methyl sites for hydroxylation is 1. The first-order valence-electron chi connectivity index (χ1n) is 10.0. The first-order chi connectivity index (χ1) is 14.0. The molecule has 0 unspecified atom stereocenters. The number of hydrogen-bond donors (Lipinski definition) is 0. The van der Waals surface area contributed by atoms with Crippen LogP contribution in [0.25, 0.3) is 0 Å². The van der Waals surface area contributed by atoms with E-state index in [1.165, 1.54) is 5.56 Å². The van der Waals surface area contributed by atoms with Crippen LogP contribution in [-0.4, -0.2) is 54.4 Å². The molecule has 2 aromatic rings. The van der Waals surface area contributed by atoms with Gasteiger partial charge in [0.05, 0.1) is 13.0 Å². The van der Waals surface area contributed by atoms with Crippen molar-refractivity contribution in [2.75, 3.05) is 32.8 Å². The third-order valence-electron chi connectivity index (χ3n) is 5.08. The predicted octanol–water partition coefficient (Wildman–Crippen LogP) is 3.72. The van der Waals surface area contributed by atoms with Crippen LogP contribution in [0.1, 0.15) is 24.0 Å². The Morgan fingerprint density at radius 3 is 2.10 bits per heavy atom. The van der Waals surface area contributed by atoms with Gasteiger partial charge in [-0.3, -0.25) is 9.59 Å². The lowest BCUT2D eigenvalue weighted by Gasteiger charge is -2.35. The number of amides is 2. The van der Waals surface area contributed by atoms with Gasteiger partial charge in [0.2, 0.25) is 11.8 Å². The van der Waals surface area contributed by atoms with Crippen molar-refractivity contribution in [2.45, 2.75) is 26.2 Å². The molecule has 2 aromatic carbocycles. The maximum absolute atomic E-state index is 12.5. The number of ether oxygens (including phenoxy) is 1. The molecule has 0 spiro atoms. The van der Waals surface area contributed by atoms with Gasteiger partial charge in [-0.05, 0) is 43.2 Å². The van der Waals surface area contributed by atoms with Crippen molar-refractivity contribution in [3.63, 3.8) is 0 Å². The highest BCUT2D eigenvalue weighted by atomic mass is 35.5. The molecule has 154 valence electrons. The average molecular weight is 415 g/mol. The first-order valence-corrected chi connectivity index (χ1v) is 10.4. The molecule has 0 aliphatic carbocycles. The molecule has 0 saturated carbocycles. The van der Waals surface area contributed by atoms with E-state index in [2.05, 4.69) is 0 Å². The monoisotopic (exact) mass is 414 g/mol. The van der Waals surface area contributed by atoms with Crippen molar-refractivity contribution in [1.29, 1.82) is 0 Å². The second kappa shape index (κ2) is 10.3. The Hall–Kier alpha value is -2.53. The minimum Gasteiger partial charge on any atom is -0.494 e. The quantitative estimate of drug-likeness (QED) is 0.649. The third-order valence-corrected chi connectivity index (χ3v) is 5.33. The van der Waals surface area contributed by atoms with E-state index in [4.69, 9.17) is 16.3 Å². The fraction of sp³-hybridized carbons (Fsp3) is 0.391. The van der Waals surface area contributed by atoms with Crippen molar-refractivity contribution >= 4 is 23.4 Å². The fourth-order valence-electron chi connectivity index (χ4n) is 3.30. The molecule has 29 heavy (non-hydrogen) atoms. The highest BCUT2D eigenvalue weighted by Crippen LogP contribution is 2.14. The van der Waals surface area contributed by atoms with Gasteiger partial charge in [-0.15, -0.1) is 0 Å². The molecule has 1 fully saturated rings. The third kappa shape index (κ3) is 6.50. The van der Waals surface area contributed by atoms with Crippen molar-refractivity contribution in [3.05, 3.63) is 64.7 Å². The van der Waals surface area contributed by atoms with E-state index >= 15 is 0 Å². The topological polar surface area (TPSA) is 49.9 Å². The molecular weight excluding hydrogens is 388 g/mol. The Kier molecular flexibility index (Phi) is 7.53. The minimum absolute atomic E-state index is 0.0888. The molecule has 0 aromatic heterocycles. The Balaban J connectivity index is 1.34. The average Bonchev–Trinajstić information content (AvgIpc) is 2.74. The van der Waals surface area contributed by atoms with Crippen molar-refractivity contribution in [2.24, 2.45) is 0 Å². The van der Waals surface area contributed by atoms with E-state index in [0.29, 0.717) is 57.1 Å². The van der Waals surface area contributed by atoms with E-state index in [0.717, 1.165) is 11.3 Å². The number of benzene rings is 2. The Morgan fingerprint density at radius 1 is 0.897 bits per heavy atom. The molecule has 3 rings (SSSR count). The molecule has 0 radical (unpaired) electrons. The zero-order valence-corrected chi connectivity index (χ0v) is 17.5. The van der Waals surface area contributed by atoms with E-state index in [-0.39, 0.29) is 11.8 Å². The van der Waals surface area contributed by atoms with E-state index < -0.39 is 0 Å². The van der Waals surface area contributed by atoms with Crippen LogP contribution < -0.4 is 4.74 Å². The molecule has 1 aliphatic rings. The number of nitrogens with zero attached hydrogens (tertiary/aromatic N) is 2. The molecule has 1 heterocycles. The van der Waals surface area contributed by atoms with Crippen molar-refractivity contribution < 1.29 is 14.3 Å². The van der Waals surface area contributed by atoms with Gasteiger partial charge in [0.15, 0.2) is 0 Å². The van der Waals surface area contributed by atoms with Crippen LogP contribution in [0.2, 0.25) is 5.02 Å². The van der Waals surface area contributed by atoms with E-state index in [1.807, 2.05) is 53.1 Å². The molecular formula is C23H27ClN2O3. The summed E-state index contributed by atoms with van der Waals surface area (Å²) in [5.41, 5.74) is 2.14. The molecule has 0 bridgehead atoms. The van der Waals surface area contributed by atoms with Crippen LogP contribution in [0.4, 0.5) is 0 Å². The SMILES string of the molecule is Cc1ccc(OCCCC(=O)N2CCN(C(=O)Cc3ccc(Cl)cc3)CC2)cc1. The second-order valence-corrected chi connectivity index (χ2v) is 7.77. The number of carbonyl (C=O) groups excluding carboxylic acids is 2. The van der Waals surface area contributed by atoms with Gasteiger partial charge in [-0.1, -0.05) is 41.4 Å². The van der Waals surface area contributed by atoms with Crippen LogP contribution >= 0.6 is 11.6 Å². The van der Waals surface area contributed by atoms with Gasteiger partial charge < -0.3 is 14.5 Å². The molecule has 5 nitrogen and oxygen atoms in total. The summed E-state index contributed by atoms with van der Waals surface area (Å²) in [4.78, 5) is 28.6. The largest absolute Gasteiger partial charge is 0.494 e. The second-order valence-electron chi connectivity index (χ2n) is 7.33. The summed E-state index contributed by atoms with van der Waals surface area (Å²) < 4.78 is 5.68. The summed E-state index contributed by atoms with van der Waals surface area (Å²) in [6, 6.07) is 15.2. The maximum Gasteiger partial charge on any atom is 0.227 e. The smallest absolute Gasteiger partial charge is 0.227 e. The Morgan fingerprint density at radius 2 is 1.48 bits per heavy atom. The van der Waals surface area contributed by atoms with Crippen LogP contribution in [0.15, 0.2) is 48.5 Å². The predicted molar refractivity (Wildman–Crippen MR) is 114 cm³/mol. The van der Waals surface area contributed by atoms with Crippen LogP contribution in [0.5, 0.6) is 5.75 Å². The van der Waals surface area contributed by atoms with Gasteiger partial charge in [0.1, 0.15) is 5.75 Å². The van der Waals surface area contributed by atoms with Crippen LogP contribution in [-0.2, 0) is 16.0 Å². The van der Waals surface area contributed by atoms with Crippen LogP contribution in [0.3, 0.4) is 0 Å². The molecule has 2 amide bonds. The molecule has 6 heteroatoms. The Bertz CT molecular complexity index is 813. The summed E-state index contributed by atoms with van der Waals surface area (Å²) in [6.07, 6.45) is 1.51.